The average molecular weight is 515 g/mol. The maximum Gasteiger partial charge on any atom is 0.573 e. The molecule has 3 amide bonds. The van der Waals surface area contributed by atoms with Crippen molar-refractivity contribution in [1.82, 2.24) is 4.98 Å². The number of nitrogens with one attached hydrogen (secondary N) is 2. The number of anilines is 3. The first kappa shape index (κ1) is 25.8. The molecule has 2 aromatic carbocycles. The van der Waals surface area contributed by atoms with Gasteiger partial charge in [-0.2, -0.15) is 0 Å². The van der Waals surface area contributed by atoms with Gasteiger partial charge in [-0.25, -0.2) is 9.78 Å². The molecular formula is C26H25F3N4O4. The monoisotopic (exact) mass is 514 g/mol. The molecule has 0 spiro atoms. The van der Waals surface area contributed by atoms with Gasteiger partial charge in [0.05, 0.1) is 11.6 Å². The molecule has 0 fully saturated rings. The Morgan fingerprint density at radius 2 is 1.70 bits per heavy atom. The average Bonchev–Trinajstić information content (AvgIpc) is 3.07. The number of hydrogen-bond acceptors (Lipinski definition) is 5. The van der Waals surface area contributed by atoms with E-state index in [2.05, 4.69) is 20.4 Å². The summed E-state index contributed by atoms with van der Waals surface area (Å²) in [5.41, 5.74) is 1.60. The van der Waals surface area contributed by atoms with Crippen LogP contribution in [0.2, 0.25) is 0 Å². The Morgan fingerprint density at radius 3 is 2.35 bits per heavy atom. The maximum atomic E-state index is 13.0. The zero-order chi connectivity index (χ0) is 27.0. The molecule has 1 atom stereocenters. The van der Waals surface area contributed by atoms with Gasteiger partial charge in [-0.1, -0.05) is 26.8 Å². The second kappa shape index (κ2) is 9.64. The van der Waals surface area contributed by atoms with E-state index in [1.165, 1.54) is 18.3 Å². The number of carbonyl (C=O) groups is 2. The number of likely N-dealkylation sites (N-methyl/N-ethyl adjacent to an activating group) is 1. The topological polar surface area (TPSA) is 92.8 Å². The van der Waals surface area contributed by atoms with Gasteiger partial charge in [-0.15, -0.1) is 13.2 Å². The van der Waals surface area contributed by atoms with Crippen molar-refractivity contribution in [2.24, 2.45) is 5.41 Å². The number of amides is 3. The fraction of sp³-hybridized carbons (Fsp3) is 0.269. The van der Waals surface area contributed by atoms with Crippen LogP contribution >= 0.6 is 0 Å². The standard InChI is InChI=1S/C26H25F3N4O4/c1-25(2,3)21-20-18(33(4)23(21)34)8-5-9-19(20)36-22-17(7-6-14-30-22)32-24(35)31-15-10-12-16(13-11-15)37-26(27,28)29/h5-14,21H,1-4H3,(H2,31,32,35). The summed E-state index contributed by atoms with van der Waals surface area (Å²) in [5, 5.41) is 5.16. The number of hydrogen-bond donors (Lipinski definition) is 2. The molecule has 1 aromatic heterocycles. The van der Waals surface area contributed by atoms with Crippen LogP contribution in [0.4, 0.5) is 35.0 Å². The zero-order valence-corrected chi connectivity index (χ0v) is 20.5. The van der Waals surface area contributed by atoms with Crippen molar-refractivity contribution < 1.29 is 32.2 Å². The highest BCUT2D eigenvalue weighted by Crippen LogP contribution is 2.50. The number of ether oxygens (including phenoxy) is 2. The van der Waals surface area contributed by atoms with Gasteiger partial charge in [-0.3, -0.25) is 4.79 Å². The number of fused-ring (bicyclic) bond motifs is 1. The second-order valence-electron chi connectivity index (χ2n) is 9.49. The number of benzene rings is 2. The number of halogens is 3. The SMILES string of the molecule is CN1C(=O)C(C(C)(C)C)c2c(Oc3ncccc3NC(=O)Nc3ccc(OC(F)(F)F)cc3)cccc21. The lowest BCUT2D eigenvalue weighted by Gasteiger charge is -2.26. The van der Waals surface area contributed by atoms with Gasteiger partial charge in [0, 0.05) is 24.5 Å². The van der Waals surface area contributed by atoms with Crippen LogP contribution in [-0.2, 0) is 4.79 Å². The third kappa shape index (κ3) is 5.76. The molecule has 37 heavy (non-hydrogen) atoms. The largest absolute Gasteiger partial charge is 0.573 e. The first-order valence-electron chi connectivity index (χ1n) is 11.3. The van der Waals surface area contributed by atoms with Gasteiger partial charge in [0.15, 0.2) is 0 Å². The molecule has 194 valence electrons. The lowest BCUT2D eigenvalue weighted by molar-refractivity contribution is -0.274. The Kier molecular flexibility index (Phi) is 6.72. The Bertz CT molecular complexity index is 1320. The number of aromatic nitrogens is 1. The van der Waals surface area contributed by atoms with E-state index in [4.69, 9.17) is 4.74 Å². The highest BCUT2D eigenvalue weighted by molar-refractivity contribution is 6.06. The van der Waals surface area contributed by atoms with Crippen LogP contribution in [0.15, 0.2) is 60.8 Å². The molecular weight excluding hydrogens is 489 g/mol. The predicted octanol–water partition coefficient (Wildman–Crippen LogP) is 6.52. The number of pyridine rings is 1. The van der Waals surface area contributed by atoms with Crippen LogP contribution in [0.1, 0.15) is 32.3 Å². The minimum Gasteiger partial charge on any atom is -0.437 e. The van der Waals surface area contributed by atoms with Crippen molar-refractivity contribution in [2.45, 2.75) is 33.1 Å². The van der Waals surface area contributed by atoms with Crippen LogP contribution in [0.25, 0.3) is 0 Å². The van der Waals surface area contributed by atoms with E-state index in [1.54, 1.807) is 36.2 Å². The summed E-state index contributed by atoms with van der Waals surface area (Å²) in [6, 6.07) is 12.6. The number of carbonyl (C=O) groups excluding carboxylic acids is 2. The summed E-state index contributed by atoms with van der Waals surface area (Å²) in [4.78, 5) is 31.5. The number of rotatable bonds is 5. The molecule has 1 unspecified atom stereocenters. The predicted molar refractivity (Wildman–Crippen MR) is 132 cm³/mol. The van der Waals surface area contributed by atoms with Crippen molar-refractivity contribution in [3.05, 3.63) is 66.4 Å². The lowest BCUT2D eigenvalue weighted by Crippen LogP contribution is -2.30. The Balaban J connectivity index is 1.53. The Hall–Kier alpha value is -4.28. The molecule has 1 aliphatic heterocycles. The molecule has 0 saturated heterocycles. The summed E-state index contributed by atoms with van der Waals surface area (Å²) in [6.07, 6.45) is -3.31. The van der Waals surface area contributed by atoms with Gasteiger partial charge in [-0.05, 0) is 53.9 Å². The van der Waals surface area contributed by atoms with E-state index in [0.717, 1.165) is 23.4 Å². The van der Waals surface area contributed by atoms with Crippen molar-refractivity contribution in [3.8, 4) is 17.4 Å². The van der Waals surface area contributed by atoms with Gasteiger partial charge in [0.2, 0.25) is 11.8 Å². The third-order valence-electron chi connectivity index (χ3n) is 5.71. The molecule has 0 radical (unpaired) electrons. The van der Waals surface area contributed by atoms with Crippen molar-refractivity contribution in [3.63, 3.8) is 0 Å². The van der Waals surface area contributed by atoms with Gasteiger partial charge >= 0.3 is 12.4 Å². The summed E-state index contributed by atoms with van der Waals surface area (Å²) in [6.45, 7) is 5.94. The maximum absolute atomic E-state index is 13.0. The quantitative estimate of drug-likeness (QED) is 0.404. The van der Waals surface area contributed by atoms with Gasteiger partial charge < -0.3 is 25.0 Å². The van der Waals surface area contributed by atoms with Crippen molar-refractivity contribution >= 4 is 29.0 Å². The van der Waals surface area contributed by atoms with Crippen LogP contribution in [0.5, 0.6) is 17.4 Å². The third-order valence-corrected chi connectivity index (χ3v) is 5.71. The summed E-state index contributed by atoms with van der Waals surface area (Å²) >= 11 is 0. The second-order valence-corrected chi connectivity index (χ2v) is 9.49. The minimum absolute atomic E-state index is 0.0380. The molecule has 8 nitrogen and oxygen atoms in total. The molecule has 2 heterocycles. The summed E-state index contributed by atoms with van der Waals surface area (Å²) in [5.74, 6) is -0.331. The molecule has 0 bridgehead atoms. The van der Waals surface area contributed by atoms with Gasteiger partial charge in [0.1, 0.15) is 17.2 Å². The summed E-state index contributed by atoms with van der Waals surface area (Å²) in [7, 11) is 1.72. The minimum atomic E-state index is -4.81. The van der Waals surface area contributed by atoms with Crippen LogP contribution in [0.3, 0.4) is 0 Å². The van der Waals surface area contributed by atoms with E-state index in [9.17, 15) is 22.8 Å². The Morgan fingerprint density at radius 1 is 1.00 bits per heavy atom. The summed E-state index contributed by atoms with van der Waals surface area (Å²) < 4.78 is 47.0. The first-order valence-corrected chi connectivity index (χ1v) is 11.3. The highest BCUT2D eigenvalue weighted by atomic mass is 19.4. The van der Waals surface area contributed by atoms with E-state index >= 15 is 0 Å². The van der Waals surface area contributed by atoms with E-state index < -0.39 is 24.1 Å². The Labute approximate surface area is 211 Å². The highest BCUT2D eigenvalue weighted by Gasteiger charge is 2.44. The molecule has 2 N–H and O–H groups in total. The normalized spacial score (nSPS) is 15.3. The van der Waals surface area contributed by atoms with Crippen LogP contribution < -0.4 is 25.0 Å². The molecule has 3 aromatic rings. The zero-order valence-electron chi connectivity index (χ0n) is 20.5. The molecule has 4 rings (SSSR count). The van der Waals surface area contributed by atoms with Crippen molar-refractivity contribution in [2.75, 3.05) is 22.6 Å². The smallest absolute Gasteiger partial charge is 0.437 e. The van der Waals surface area contributed by atoms with Gasteiger partial charge in [0.25, 0.3) is 0 Å². The number of nitrogens with zero attached hydrogens (tertiary/aromatic N) is 2. The molecule has 0 saturated carbocycles. The van der Waals surface area contributed by atoms with Crippen LogP contribution in [-0.4, -0.2) is 30.3 Å². The molecule has 0 aliphatic carbocycles. The number of urea groups is 1. The fourth-order valence-corrected chi connectivity index (χ4v) is 4.14. The fourth-order valence-electron chi connectivity index (χ4n) is 4.14. The first-order chi connectivity index (χ1) is 17.3. The van der Waals surface area contributed by atoms with Crippen LogP contribution in [0, 0.1) is 5.41 Å². The lowest BCUT2D eigenvalue weighted by atomic mass is 9.77. The molecule has 1 aliphatic rings. The van der Waals surface area contributed by atoms with E-state index in [-0.39, 0.29) is 28.6 Å². The molecule has 11 heteroatoms. The van der Waals surface area contributed by atoms with E-state index in [1.807, 2.05) is 26.8 Å². The van der Waals surface area contributed by atoms with E-state index in [0.29, 0.717) is 5.75 Å². The van der Waals surface area contributed by atoms with Crippen molar-refractivity contribution in [1.29, 1.82) is 0 Å². The number of alkyl halides is 3.